The summed E-state index contributed by atoms with van der Waals surface area (Å²) >= 11 is 4.91. The van der Waals surface area contributed by atoms with Gasteiger partial charge in [-0.05, 0) is 20.2 Å². The van der Waals surface area contributed by atoms with E-state index >= 15 is 0 Å². The van der Waals surface area contributed by atoms with Gasteiger partial charge in [-0.2, -0.15) is 0 Å². The fraction of sp³-hybridized carbons (Fsp3) is 0.583. The van der Waals surface area contributed by atoms with Gasteiger partial charge >= 0.3 is 0 Å². The molecule has 1 aromatic heterocycles. The van der Waals surface area contributed by atoms with Gasteiger partial charge in [-0.1, -0.05) is 12.2 Å². The van der Waals surface area contributed by atoms with Crippen molar-refractivity contribution in [3.8, 4) is 0 Å². The Balaban J connectivity index is 1.94. The van der Waals surface area contributed by atoms with Crippen LogP contribution in [0.1, 0.15) is 5.69 Å². The fourth-order valence-corrected chi connectivity index (χ4v) is 2.23. The number of anilines is 1. The highest BCUT2D eigenvalue weighted by atomic mass is 32.1. The Hall–Kier alpha value is -1.31. The largest absolute Gasteiger partial charge is 0.388 e. The number of nitrogens with two attached hydrogens (primary N) is 1. The monoisotopic (exact) mass is 280 g/mol. The predicted molar refractivity (Wildman–Crippen MR) is 80.3 cm³/mol. The summed E-state index contributed by atoms with van der Waals surface area (Å²) in [5, 5.41) is 3.25. The first-order valence-corrected chi connectivity index (χ1v) is 6.72. The summed E-state index contributed by atoms with van der Waals surface area (Å²) < 4.78 is 0. The molecule has 0 spiro atoms. The molecule has 0 amide bonds. The van der Waals surface area contributed by atoms with E-state index in [1.807, 2.05) is 0 Å². The molecule has 1 aromatic rings. The van der Waals surface area contributed by atoms with Crippen molar-refractivity contribution in [2.75, 3.05) is 45.6 Å². The maximum atomic E-state index is 5.56. The van der Waals surface area contributed by atoms with Crippen LogP contribution >= 0.6 is 12.2 Å². The van der Waals surface area contributed by atoms with Gasteiger partial charge in [-0.15, -0.1) is 0 Å². The van der Waals surface area contributed by atoms with Crippen molar-refractivity contribution >= 4 is 23.2 Å². The number of hydrogen-bond acceptors (Lipinski definition) is 6. The molecule has 0 radical (unpaired) electrons. The molecule has 19 heavy (non-hydrogen) atoms. The minimum absolute atomic E-state index is 0.292. The lowest BCUT2D eigenvalue weighted by Gasteiger charge is -2.37. The summed E-state index contributed by atoms with van der Waals surface area (Å²) in [5.41, 5.74) is 6.16. The van der Waals surface area contributed by atoms with Gasteiger partial charge in [0.05, 0.1) is 0 Å². The van der Waals surface area contributed by atoms with Gasteiger partial charge in [-0.25, -0.2) is 9.97 Å². The number of piperazine rings is 1. The van der Waals surface area contributed by atoms with Gasteiger partial charge < -0.3 is 16.0 Å². The average Bonchev–Trinajstić information content (AvgIpc) is 2.40. The summed E-state index contributed by atoms with van der Waals surface area (Å²) in [6.45, 7) is 4.04. The lowest BCUT2D eigenvalue weighted by molar-refractivity contribution is 0.121. The molecule has 1 fully saturated rings. The molecule has 0 aromatic carbocycles. The molecule has 0 saturated carbocycles. The summed E-state index contributed by atoms with van der Waals surface area (Å²) in [5.74, 6) is 0.576. The van der Waals surface area contributed by atoms with Gasteiger partial charge in [0, 0.05) is 38.4 Å². The van der Waals surface area contributed by atoms with E-state index in [0.717, 1.165) is 26.2 Å². The average molecular weight is 280 g/mol. The second kappa shape index (κ2) is 6.23. The Kier molecular flexibility index (Phi) is 4.62. The van der Waals surface area contributed by atoms with Gasteiger partial charge in [0.15, 0.2) is 0 Å². The first-order valence-electron chi connectivity index (χ1n) is 6.32. The first kappa shape index (κ1) is 14.1. The molecule has 1 saturated heterocycles. The van der Waals surface area contributed by atoms with Gasteiger partial charge in [0.1, 0.15) is 10.7 Å². The van der Waals surface area contributed by atoms with Crippen LogP contribution in [0.4, 0.5) is 5.95 Å². The van der Waals surface area contributed by atoms with Crippen LogP contribution in [-0.4, -0.2) is 71.1 Å². The Morgan fingerprint density at radius 1 is 1.53 bits per heavy atom. The van der Waals surface area contributed by atoms with E-state index < -0.39 is 0 Å². The molecule has 0 aliphatic carbocycles. The third-order valence-corrected chi connectivity index (χ3v) is 3.59. The van der Waals surface area contributed by atoms with Crippen LogP contribution in [-0.2, 0) is 0 Å². The summed E-state index contributed by atoms with van der Waals surface area (Å²) in [7, 11) is 4.29. The van der Waals surface area contributed by atoms with Gasteiger partial charge in [0.25, 0.3) is 0 Å². The number of likely N-dealkylation sites (N-methyl/N-ethyl adjacent to an activating group) is 2. The molecule has 1 aliphatic rings. The summed E-state index contributed by atoms with van der Waals surface area (Å²) in [6.07, 6.45) is 1.67. The molecule has 2 rings (SSSR count). The van der Waals surface area contributed by atoms with E-state index in [2.05, 4.69) is 39.2 Å². The van der Waals surface area contributed by atoms with E-state index in [9.17, 15) is 0 Å². The molecule has 3 N–H and O–H groups in total. The van der Waals surface area contributed by atoms with Crippen LogP contribution in [0, 0.1) is 0 Å². The van der Waals surface area contributed by atoms with Crippen molar-refractivity contribution in [2.24, 2.45) is 5.73 Å². The Labute approximate surface area is 119 Å². The molecule has 104 valence electrons. The second-order valence-electron chi connectivity index (χ2n) is 4.91. The summed E-state index contributed by atoms with van der Waals surface area (Å²) in [4.78, 5) is 13.4. The van der Waals surface area contributed by atoms with E-state index in [1.165, 1.54) is 0 Å². The molecule has 0 bridgehead atoms. The number of aromatic nitrogens is 2. The van der Waals surface area contributed by atoms with Crippen molar-refractivity contribution in [3.63, 3.8) is 0 Å². The molecule has 2 heterocycles. The van der Waals surface area contributed by atoms with E-state index in [-0.39, 0.29) is 0 Å². The highest BCUT2D eigenvalue weighted by Crippen LogP contribution is 2.07. The Morgan fingerprint density at radius 2 is 2.32 bits per heavy atom. The van der Waals surface area contributed by atoms with Crippen LogP contribution in [0.3, 0.4) is 0 Å². The Morgan fingerprint density at radius 3 is 3.05 bits per heavy atom. The third-order valence-electron chi connectivity index (χ3n) is 3.38. The van der Waals surface area contributed by atoms with Crippen molar-refractivity contribution < 1.29 is 0 Å². The maximum Gasteiger partial charge on any atom is 0.223 e. The van der Waals surface area contributed by atoms with Crippen molar-refractivity contribution in [1.29, 1.82) is 0 Å². The van der Waals surface area contributed by atoms with Crippen molar-refractivity contribution in [1.82, 2.24) is 19.8 Å². The zero-order valence-corrected chi connectivity index (χ0v) is 12.2. The number of rotatable bonds is 4. The standard InChI is InChI=1S/C12H20N6S/c1-17-5-6-18(2)9(8-17)7-15-12-14-4-3-10(16-12)11(13)19/h3-4,9H,5-8H2,1-2H3,(H2,13,19)(H,14,15,16). The molecule has 6 nitrogen and oxygen atoms in total. The molecular formula is C12H20N6S. The smallest absolute Gasteiger partial charge is 0.223 e. The molecule has 7 heteroatoms. The highest BCUT2D eigenvalue weighted by Gasteiger charge is 2.21. The highest BCUT2D eigenvalue weighted by molar-refractivity contribution is 7.80. The fourth-order valence-electron chi connectivity index (χ4n) is 2.11. The van der Waals surface area contributed by atoms with Crippen LogP contribution in [0.15, 0.2) is 12.3 Å². The van der Waals surface area contributed by atoms with Crippen LogP contribution in [0.25, 0.3) is 0 Å². The second-order valence-corrected chi connectivity index (χ2v) is 5.35. The lowest BCUT2D eigenvalue weighted by atomic mass is 10.2. The lowest BCUT2D eigenvalue weighted by Crippen LogP contribution is -2.52. The molecule has 1 atom stereocenters. The predicted octanol–water partition coefficient (Wildman–Crippen LogP) is -0.231. The number of hydrogen-bond donors (Lipinski definition) is 2. The van der Waals surface area contributed by atoms with E-state index in [1.54, 1.807) is 12.3 Å². The first-order chi connectivity index (χ1) is 9.06. The molecule has 1 aliphatic heterocycles. The SMILES string of the molecule is CN1CCN(C)C(CNc2nccc(C(N)=S)n2)C1. The minimum atomic E-state index is 0.292. The van der Waals surface area contributed by atoms with E-state index in [4.69, 9.17) is 18.0 Å². The quantitative estimate of drug-likeness (QED) is 0.738. The topological polar surface area (TPSA) is 70.3 Å². The molecule has 1 unspecified atom stereocenters. The zero-order valence-electron chi connectivity index (χ0n) is 11.3. The van der Waals surface area contributed by atoms with Gasteiger partial charge in [0.2, 0.25) is 5.95 Å². The maximum absolute atomic E-state index is 5.56. The van der Waals surface area contributed by atoms with Crippen LogP contribution in [0.5, 0.6) is 0 Å². The third kappa shape index (κ3) is 3.82. The number of thiocarbonyl (C=S) groups is 1. The Bertz CT molecular complexity index is 452. The van der Waals surface area contributed by atoms with E-state index in [0.29, 0.717) is 22.7 Å². The summed E-state index contributed by atoms with van der Waals surface area (Å²) in [6, 6.07) is 2.17. The normalized spacial score (nSPS) is 21.3. The molecular weight excluding hydrogens is 260 g/mol. The van der Waals surface area contributed by atoms with Crippen LogP contribution in [0.2, 0.25) is 0 Å². The van der Waals surface area contributed by atoms with Crippen LogP contribution < -0.4 is 11.1 Å². The minimum Gasteiger partial charge on any atom is -0.388 e. The van der Waals surface area contributed by atoms with Crippen molar-refractivity contribution in [3.05, 3.63) is 18.0 Å². The van der Waals surface area contributed by atoms with Crippen molar-refractivity contribution in [2.45, 2.75) is 6.04 Å². The number of nitrogens with zero attached hydrogens (tertiary/aromatic N) is 4. The zero-order chi connectivity index (χ0) is 13.8. The number of nitrogens with one attached hydrogen (secondary N) is 1. The van der Waals surface area contributed by atoms with Gasteiger partial charge in [-0.3, -0.25) is 4.90 Å².